The van der Waals surface area contributed by atoms with Crippen LogP contribution in [0.1, 0.15) is 26.3 Å². The van der Waals surface area contributed by atoms with E-state index in [1.807, 2.05) is 20.8 Å². The molecule has 0 aliphatic heterocycles. The highest BCUT2D eigenvalue weighted by Gasteiger charge is 2.22. The Labute approximate surface area is 95.0 Å². The van der Waals surface area contributed by atoms with E-state index >= 15 is 0 Å². The molecule has 2 N–H and O–H groups in total. The van der Waals surface area contributed by atoms with Crippen molar-refractivity contribution in [3.8, 4) is 0 Å². The molecular formula is C11H17N3O2. The average molecular weight is 223 g/mol. The summed E-state index contributed by atoms with van der Waals surface area (Å²) in [5.74, 6) is -0.406. The molecule has 1 rings (SSSR count). The van der Waals surface area contributed by atoms with Crippen molar-refractivity contribution in [2.75, 3.05) is 0 Å². The van der Waals surface area contributed by atoms with Gasteiger partial charge in [-0.05, 0) is 26.3 Å². The second-order valence-corrected chi connectivity index (χ2v) is 4.59. The molecule has 0 bridgehead atoms. The molecule has 0 radical (unpaired) electrons. The van der Waals surface area contributed by atoms with Crippen LogP contribution in [0.4, 0.5) is 0 Å². The molecule has 1 aromatic rings. The zero-order valence-corrected chi connectivity index (χ0v) is 9.80. The van der Waals surface area contributed by atoms with E-state index in [9.17, 15) is 4.79 Å². The number of carbonyl (C=O) groups is 1. The molecule has 0 fully saturated rings. The van der Waals surface area contributed by atoms with Crippen molar-refractivity contribution >= 4 is 5.97 Å². The van der Waals surface area contributed by atoms with Gasteiger partial charge in [0, 0.05) is 18.8 Å². The molecule has 0 aromatic carbocycles. The summed E-state index contributed by atoms with van der Waals surface area (Å²) in [7, 11) is 0. The number of nitrogens with zero attached hydrogens (tertiary/aromatic N) is 2. The van der Waals surface area contributed by atoms with Crippen molar-refractivity contribution in [3.05, 3.63) is 24.3 Å². The Morgan fingerprint density at radius 1 is 1.44 bits per heavy atom. The Hall–Kier alpha value is -1.49. The Bertz CT molecular complexity index is 346. The van der Waals surface area contributed by atoms with E-state index < -0.39 is 17.6 Å². The maximum atomic E-state index is 11.6. The zero-order valence-electron chi connectivity index (χ0n) is 9.80. The molecule has 1 heterocycles. The van der Waals surface area contributed by atoms with Gasteiger partial charge in [0.2, 0.25) is 0 Å². The monoisotopic (exact) mass is 223 g/mol. The summed E-state index contributed by atoms with van der Waals surface area (Å²) in [6.45, 7) is 5.43. The van der Waals surface area contributed by atoms with Gasteiger partial charge in [-0.15, -0.1) is 0 Å². The first-order valence-electron chi connectivity index (χ1n) is 5.11. The Balaban J connectivity index is 2.53. The molecule has 5 nitrogen and oxygen atoms in total. The number of rotatable bonds is 3. The van der Waals surface area contributed by atoms with Gasteiger partial charge in [0.25, 0.3) is 0 Å². The molecule has 0 aliphatic rings. The number of ether oxygens (including phenoxy) is 1. The first-order valence-corrected chi connectivity index (χ1v) is 5.11. The van der Waals surface area contributed by atoms with E-state index in [-0.39, 0.29) is 0 Å². The summed E-state index contributed by atoms with van der Waals surface area (Å²) in [6, 6.07) is -0.676. The van der Waals surface area contributed by atoms with Crippen LogP contribution in [0.15, 0.2) is 18.7 Å². The highest BCUT2D eigenvalue weighted by molar-refractivity contribution is 5.76. The molecule has 0 spiro atoms. The van der Waals surface area contributed by atoms with Gasteiger partial charge in [0.05, 0.1) is 0 Å². The minimum Gasteiger partial charge on any atom is -0.459 e. The summed E-state index contributed by atoms with van der Waals surface area (Å²) < 4.78 is 5.17. The van der Waals surface area contributed by atoms with Crippen LogP contribution >= 0.6 is 0 Å². The number of hydrogen-bond acceptors (Lipinski definition) is 5. The fourth-order valence-corrected chi connectivity index (χ4v) is 1.15. The topological polar surface area (TPSA) is 78.1 Å². The third-order valence-corrected chi connectivity index (χ3v) is 1.78. The van der Waals surface area contributed by atoms with E-state index in [1.54, 1.807) is 12.4 Å². The second kappa shape index (κ2) is 5.03. The maximum absolute atomic E-state index is 11.6. The van der Waals surface area contributed by atoms with Gasteiger partial charge < -0.3 is 10.5 Å². The van der Waals surface area contributed by atoms with Crippen molar-refractivity contribution in [1.82, 2.24) is 9.97 Å². The van der Waals surface area contributed by atoms with Crippen molar-refractivity contribution < 1.29 is 9.53 Å². The zero-order chi connectivity index (χ0) is 12.2. The number of aromatic nitrogens is 2. The molecule has 16 heavy (non-hydrogen) atoms. The van der Waals surface area contributed by atoms with E-state index in [0.717, 1.165) is 5.56 Å². The van der Waals surface area contributed by atoms with Gasteiger partial charge in [-0.3, -0.25) is 4.79 Å². The standard InChI is InChI=1S/C11H17N3O2/c1-11(2,3)16-10(15)9(12)4-8-5-13-7-14-6-8/h5-7,9H,4,12H2,1-3H3/t9-/m0/s1. The Kier molecular flexibility index (Phi) is 3.95. The highest BCUT2D eigenvalue weighted by atomic mass is 16.6. The second-order valence-electron chi connectivity index (χ2n) is 4.59. The first kappa shape index (κ1) is 12.6. The Morgan fingerprint density at radius 3 is 2.50 bits per heavy atom. The third kappa shape index (κ3) is 4.35. The smallest absolute Gasteiger partial charge is 0.323 e. The van der Waals surface area contributed by atoms with E-state index in [4.69, 9.17) is 10.5 Å². The van der Waals surface area contributed by atoms with Crippen LogP contribution in [0.25, 0.3) is 0 Å². The van der Waals surface area contributed by atoms with Crippen LogP contribution in [-0.4, -0.2) is 27.6 Å². The van der Waals surface area contributed by atoms with Gasteiger partial charge in [-0.1, -0.05) is 0 Å². The molecule has 0 unspecified atom stereocenters. The van der Waals surface area contributed by atoms with Crippen molar-refractivity contribution in [1.29, 1.82) is 0 Å². The van der Waals surface area contributed by atoms with Crippen molar-refractivity contribution in [2.24, 2.45) is 5.73 Å². The maximum Gasteiger partial charge on any atom is 0.323 e. The molecule has 0 amide bonds. The highest BCUT2D eigenvalue weighted by Crippen LogP contribution is 2.09. The lowest BCUT2D eigenvalue weighted by atomic mass is 10.1. The molecular weight excluding hydrogens is 206 g/mol. The summed E-state index contributed by atoms with van der Waals surface area (Å²) in [5, 5.41) is 0. The van der Waals surface area contributed by atoms with Crippen LogP contribution in [0.5, 0.6) is 0 Å². The number of esters is 1. The molecule has 0 saturated heterocycles. The number of carbonyl (C=O) groups excluding carboxylic acids is 1. The molecule has 0 aliphatic carbocycles. The first-order chi connectivity index (χ1) is 7.38. The minimum absolute atomic E-state index is 0.385. The van der Waals surface area contributed by atoms with Gasteiger partial charge in [0.1, 0.15) is 18.0 Å². The third-order valence-electron chi connectivity index (χ3n) is 1.78. The minimum atomic E-state index is -0.676. The fourth-order valence-electron chi connectivity index (χ4n) is 1.15. The van der Waals surface area contributed by atoms with Crippen LogP contribution in [-0.2, 0) is 16.0 Å². The van der Waals surface area contributed by atoms with Crippen molar-refractivity contribution in [3.63, 3.8) is 0 Å². The van der Waals surface area contributed by atoms with Crippen LogP contribution in [0.3, 0.4) is 0 Å². The fraction of sp³-hybridized carbons (Fsp3) is 0.545. The van der Waals surface area contributed by atoms with Gasteiger partial charge >= 0.3 is 5.97 Å². The quantitative estimate of drug-likeness (QED) is 0.763. The molecule has 0 saturated carbocycles. The Morgan fingerprint density at radius 2 is 2.00 bits per heavy atom. The van der Waals surface area contributed by atoms with Crippen LogP contribution < -0.4 is 5.73 Å². The SMILES string of the molecule is CC(C)(C)OC(=O)[C@@H](N)Cc1cncnc1. The normalized spacial score (nSPS) is 13.2. The number of hydrogen-bond donors (Lipinski definition) is 1. The van der Waals surface area contributed by atoms with Crippen LogP contribution in [0, 0.1) is 0 Å². The lowest BCUT2D eigenvalue weighted by Crippen LogP contribution is -2.38. The molecule has 5 heteroatoms. The predicted molar refractivity (Wildman–Crippen MR) is 59.6 cm³/mol. The largest absolute Gasteiger partial charge is 0.459 e. The van der Waals surface area contributed by atoms with E-state index in [1.165, 1.54) is 6.33 Å². The lowest BCUT2D eigenvalue weighted by molar-refractivity contribution is -0.156. The predicted octanol–water partition coefficient (Wildman–Crippen LogP) is 0.688. The van der Waals surface area contributed by atoms with Gasteiger partial charge in [-0.25, -0.2) is 9.97 Å². The molecule has 1 atom stereocenters. The summed E-state index contributed by atoms with van der Waals surface area (Å²) in [4.78, 5) is 19.3. The summed E-state index contributed by atoms with van der Waals surface area (Å²) in [5.41, 5.74) is 6.03. The van der Waals surface area contributed by atoms with Gasteiger partial charge in [-0.2, -0.15) is 0 Å². The lowest BCUT2D eigenvalue weighted by Gasteiger charge is -2.22. The molecule has 88 valence electrons. The summed E-state index contributed by atoms with van der Waals surface area (Å²) >= 11 is 0. The van der Waals surface area contributed by atoms with E-state index in [0.29, 0.717) is 6.42 Å². The molecule has 1 aromatic heterocycles. The van der Waals surface area contributed by atoms with Crippen molar-refractivity contribution in [2.45, 2.75) is 38.8 Å². The van der Waals surface area contributed by atoms with Gasteiger partial charge in [0.15, 0.2) is 0 Å². The van der Waals surface area contributed by atoms with Crippen LogP contribution in [0.2, 0.25) is 0 Å². The van der Waals surface area contributed by atoms with E-state index in [2.05, 4.69) is 9.97 Å². The average Bonchev–Trinajstić information content (AvgIpc) is 2.16. The number of nitrogens with two attached hydrogens (primary N) is 1. The summed E-state index contributed by atoms with van der Waals surface area (Å²) in [6.07, 6.45) is 5.09.